The normalized spacial score (nSPS) is 26.8. The number of fused-ring (bicyclic) bond motifs is 4. The summed E-state index contributed by atoms with van der Waals surface area (Å²) in [6.07, 6.45) is 5.03. The number of allylic oxidation sites excluding steroid dienone is 8. The van der Waals surface area contributed by atoms with Gasteiger partial charge in [0.2, 0.25) is 0 Å². The third-order valence-electron chi connectivity index (χ3n) is 11.7. The number of hydrogen-bond acceptors (Lipinski definition) is 0. The third kappa shape index (κ3) is 4.24. The van der Waals surface area contributed by atoms with Crippen molar-refractivity contribution in [2.75, 3.05) is 0 Å². The second-order valence-corrected chi connectivity index (χ2v) is 14.8. The van der Waals surface area contributed by atoms with Gasteiger partial charge in [-0.2, -0.15) is 0 Å². The molecule has 3 aromatic rings. The highest BCUT2D eigenvalue weighted by molar-refractivity contribution is 5.87. The van der Waals surface area contributed by atoms with E-state index in [0.29, 0.717) is 0 Å². The van der Waals surface area contributed by atoms with Crippen LogP contribution in [0, 0.1) is 23.2 Å². The van der Waals surface area contributed by atoms with Gasteiger partial charge in [-0.3, -0.25) is 0 Å². The van der Waals surface area contributed by atoms with Crippen LogP contribution in [-0.4, -0.2) is 0 Å². The monoisotopic (exact) mass is 564 g/mol. The lowest BCUT2D eigenvalue weighted by Gasteiger charge is -2.62. The van der Waals surface area contributed by atoms with Crippen LogP contribution in [0.3, 0.4) is 0 Å². The first-order valence-corrected chi connectivity index (χ1v) is 15.9. The molecule has 0 unspecified atom stereocenters. The summed E-state index contributed by atoms with van der Waals surface area (Å²) in [5.74, 6) is 0. The van der Waals surface area contributed by atoms with Crippen LogP contribution in [0.4, 0.5) is 0 Å². The van der Waals surface area contributed by atoms with Crippen molar-refractivity contribution in [1.29, 1.82) is 0 Å². The predicted molar refractivity (Wildman–Crippen MR) is 187 cm³/mol. The molecule has 0 N–H and O–H groups in total. The van der Waals surface area contributed by atoms with Gasteiger partial charge < -0.3 is 0 Å². The van der Waals surface area contributed by atoms with Gasteiger partial charge in [0.05, 0.1) is 0 Å². The second kappa shape index (κ2) is 9.95. The summed E-state index contributed by atoms with van der Waals surface area (Å²) in [7, 11) is 0. The third-order valence-corrected chi connectivity index (χ3v) is 11.7. The van der Waals surface area contributed by atoms with Gasteiger partial charge in [0.25, 0.3) is 0 Å². The molecule has 0 heterocycles. The van der Waals surface area contributed by atoms with Crippen LogP contribution in [0.1, 0.15) is 82.2 Å². The molecule has 0 nitrogen and oxygen atoms in total. The Labute approximate surface area is 260 Å². The van der Waals surface area contributed by atoms with Gasteiger partial charge in [-0.05, 0) is 132 Å². The topological polar surface area (TPSA) is 0 Å². The van der Waals surface area contributed by atoms with E-state index in [1.54, 1.807) is 0 Å². The fourth-order valence-corrected chi connectivity index (χ4v) is 9.82. The van der Waals surface area contributed by atoms with Crippen LogP contribution in [0.25, 0.3) is 16.3 Å². The molecular weight excluding hydrogens is 516 g/mol. The molecule has 3 aromatic carbocycles. The Balaban J connectivity index is 1.38. The van der Waals surface area contributed by atoms with Crippen LogP contribution >= 0.6 is 0 Å². The van der Waals surface area contributed by atoms with E-state index >= 15 is 0 Å². The maximum atomic E-state index is 4.86. The smallest absolute Gasteiger partial charge is 0.0194 e. The molecule has 0 fully saturated rings. The molecule has 0 radical (unpaired) electrons. The molecule has 0 saturated carbocycles. The molecule has 0 saturated heterocycles. The number of hydrogen-bond donors (Lipinski definition) is 0. The molecule has 0 spiro atoms. The Morgan fingerprint density at radius 1 is 0.814 bits per heavy atom. The van der Waals surface area contributed by atoms with Gasteiger partial charge in [-0.1, -0.05) is 124 Å². The lowest BCUT2D eigenvalue weighted by Crippen LogP contribution is -2.52. The van der Waals surface area contributed by atoms with Crippen LogP contribution in [0.2, 0.25) is 0 Å². The Morgan fingerprint density at radius 2 is 1.49 bits per heavy atom. The van der Waals surface area contributed by atoms with Crippen molar-refractivity contribution in [3.8, 4) is 0 Å². The minimum absolute atomic E-state index is 0.0512. The van der Waals surface area contributed by atoms with Gasteiger partial charge in [-0.25, -0.2) is 0 Å². The summed E-state index contributed by atoms with van der Waals surface area (Å²) in [4.78, 5) is 0. The predicted octanol–water partition coefficient (Wildman–Crippen LogP) is 11.7. The summed E-state index contributed by atoms with van der Waals surface area (Å²) >= 11 is 0. The minimum atomic E-state index is -0.131. The Kier molecular flexibility index (Phi) is 6.81. The summed E-state index contributed by atoms with van der Waals surface area (Å²) in [5.41, 5.74) is 17.4. The molecule has 3 aliphatic rings. The fraction of sp³-hybridized carbons (Fsp3) is 0.349. The molecule has 3 aliphatic carbocycles. The number of rotatable bonds is 5. The maximum absolute atomic E-state index is 4.86. The van der Waals surface area contributed by atoms with E-state index in [1.807, 2.05) is 0 Å². The van der Waals surface area contributed by atoms with E-state index in [1.165, 1.54) is 77.6 Å². The average molecular weight is 565 g/mol. The Hall–Kier alpha value is -3.64. The molecule has 43 heavy (non-hydrogen) atoms. The fourth-order valence-electron chi connectivity index (χ4n) is 9.82. The van der Waals surface area contributed by atoms with Gasteiger partial charge in [0.1, 0.15) is 0 Å². The van der Waals surface area contributed by atoms with Crippen molar-refractivity contribution in [2.24, 2.45) is 16.2 Å². The zero-order valence-electron chi connectivity index (χ0n) is 27.6. The molecule has 0 heteroatoms. The van der Waals surface area contributed by atoms with Crippen molar-refractivity contribution in [2.45, 2.75) is 80.6 Å². The molecule has 0 amide bonds. The van der Waals surface area contributed by atoms with Crippen LogP contribution in [-0.2, 0) is 19.3 Å². The van der Waals surface area contributed by atoms with Gasteiger partial charge in [-0.15, -0.1) is 0 Å². The first-order chi connectivity index (χ1) is 20.2. The molecule has 0 aromatic heterocycles. The van der Waals surface area contributed by atoms with E-state index in [4.69, 9.17) is 13.2 Å². The van der Waals surface area contributed by atoms with Crippen LogP contribution < -0.4 is 0 Å². The standard InChI is InChI=1S/C43H48/c1-26(2)38-28(4)23-42(10)25-41(9)24-36-20-19-34(21-27(3)22-35-17-14-16-33-15-12-13-18-37(33)35)29(5)39(36)30(6)40(41)32(8)43(42,11)31(38)7/h12-20H,1,3,6-7,21-25H2,2,4-5,8-11H3/t41-,42+,43-/m1/s1. The average Bonchev–Trinajstić information content (AvgIpc) is 2.92. The Bertz CT molecular complexity index is 1830. The highest BCUT2D eigenvalue weighted by atomic mass is 14.6. The summed E-state index contributed by atoms with van der Waals surface area (Å²) in [6.45, 7) is 35.1. The van der Waals surface area contributed by atoms with E-state index in [9.17, 15) is 0 Å². The van der Waals surface area contributed by atoms with E-state index in [-0.39, 0.29) is 16.2 Å². The van der Waals surface area contributed by atoms with Crippen LogP contribution in [0.15, 0.2) is 120 Å². The highest BCUT2D eigenvalue weighted by Crippen LogP contribution is 2.70. The highest BCUT2D eigenvalue weighted by Gasteiger charge is 2.59. The molecule has 0 aliphatic heterocycles. The first-order valence-electron chi connectivity index (χ1n) is 15.9. The summed E-state index contributed by atoms with van der Waals surface area (Å²) < 4.78 is 0. The van der Waals surface area contributed by atoms with Gasteiger partial charge >= 0.3 is 0 Å². The van der Waals surface area contributed by atoms with E-state index in [2.05, 4.69) is 116 Å². The van der Waals surface area contributed by atoms with Gasteiger partial charge in [0.15, 0.2) is 0 Å². The largest absolute Gasteiger partial charge is 0.0992 e. The van der Waals surface area contributed by atoms with Crippen molar-refractivity contribution < 1.29 is 0 Å². The maximum Gasteiger partial charge on any atom is 0.0194 e. The zero-order chi connectivity index (χ0) is 31.1. The molecule has 6 rings (SSSR count). The molecule has 3 atom stereocenters. The quantitative estimate of drug-likeness (QED) is 0.270. The second-order valence-electron chi connectivity index (χ2n) is 14.8. The van der Waals surface area contributed by atoms with Crippen molar-refractivity contribution in [3.63, 3.8) is 0 Å². The molecule has 0 bridgehead atoms. The van der Waals surface area contributed by atoms with Crippen LogP contribution in [0.5, 0.6) is 0 Å². The summed E-state index contributed by atoms with van der Waals surface area (Å²) in [5, 5.41) is 2.62. The minimum Gasteiger partial charge on any atom is -0.0992 e. The van der Waals surface area contributed by atoms with Gasteiger partial charge in [0, 0.05) is 5.41 Å². The van der Waals surface area contributed by atoms with Crippen molar-refractivity contribution in [3.05, 3.63) is 148 Å². The zero-order valence-corrected chi connectivity index (χ0v) is 27.6. The lowest BCUT2D eigenvalue weighted by molar-refractivity contribution is 0.0544. The SMILES string of the molecule is C=C(Cc1ccc2c(c1C)C(=C)C1=C(C)[C@@]3(C)C(=C)C(C(=C)C)=C(C)C[C@@]3(C)C[C@@]1(C)C2)Cc1cccc2ccccc12. The summed E-state index contributed by atoms with van der Waals surface area (Å²) in [6, 6.07) is 20.0. The van der Waals surface area contributed by atoms with Crippen molar-refractivity contribution in [1.82, 2.24) is 0 Å². The van der Waals surface area contributed by atoms with E-state index in [0.717, 1.165) is 37.7 Å². The van der Waals surface area contributed by atoms with Crippen molar-refractivity contribution >= 4 is 16.3 Å². The molecular formula is C43H48. The lowest BCUT2D eigenvalue weighted by atomic mass is 9.41. The Morgan fingerprint density at radius 3 is 2.21 bits per heavy atom. The number of benzene rings is 3. The first kappa shape index (κ1) is 29.4. The molecule has 220 valence electrons. The van der Waals surface area contributed by atoms with E-state index < -0.39 is 0 Å².